The van der Waals surface area contributed by atoms with Crippen LogP contribution in [0.25, 0.3) is 11.3 Å². The van der Waals surface area contributed by atoms with Crippen molar-refractivity contribution in [3.8, 4) is 11.3 Å². The molecule has 0 spiro atoms. The Labute approximate surface area is 153 Å². The quantitative estimate of drug-likeness (QED) is 0.769. The second-order valence-corrected chi connectivity index (χ2v) is 6.64. The lowest BCUT2D eigenvalue weighted by Gasteiger charge is -2.14. The summed E-state index contributed by atoms with van der Waals surface area (Å²) in [5.41, 5.74) is 4.95. The number of amides is 1. The van der Waals surface area contributed by atoms with Crippen molar-refractivity contribution in [2.75, 3.05) is 19.4 Å². The molecule has 0 atom stereocenters. The van der Waals surface area contributed by atoms with Crippen LogP contribution in [-0.2, 0) is 13.6 Å². The number of nitrogens with one attached hydrogen (secondary N) is 1. The van der Waals surface area contributed by atoms with E-state index in [2.05, 4.69) is 26.4 Å². The van der Waals surface area contributed by atoms with Crippen LogP contribution >= 0.6 is 0 Å². The minimum Gasteiger partial charge on any atom is -0.322 e. The molecular weight excluding hydrogens is 326 g/mol. The third kappa shape index (κ3) is 3.97. The molecule has 0 aliphatic heterocycles. The average Bonchev–Trinajstić information content (AvgIpc) is 3.03. The van der Waals surface area contributed by atoms with Crippen molar-refractivity contribution in [3.63, 3.8) is 0 Å². The second-order valence-electron chi connectivity index (χ2n) is 6.64. The average molecular weight is 349 g/mol. The maximum Gasteiger partial charge on any atom is 0.257 e. The molecule has 1 aromatic carbocycles. The fourth-order valence-electron chi connectivity index (χ4n) is 2.82. The normalized spacial score (nSPS) is 11.0. The van der Waals surface area contributed by atoms with Gasteiger partial charge in [-0.1, -0.05) is 12.1 Å². The van der Waals surface area contributed by atoms with Gasteiger partial charge in [-0.05, 0) is 50.3 Å². The molecule has 0 radical (unpaired) electrons. The van der Waals surface area contributed by atoms with Gasteiger partial charge in [0.05, 0.1) is 17.5 Å². The highest BCUT2D eigenvalue weighted by molar-refractivity contribution is 6.08. The first-order valence-electron chi connectivity index (χ1n) is 8.43. The molecule has 1 N–H and O–H groups in total. The van der Waals surface area contributed by atoms with Crippen LogP contribution < -0.4 is 5.32 Å². The number of aryl methyl sites for hydroxylation is 2. The molecule has 0 aliphatic rings. The fourth-order valence-corrected chi connectivity index (χ4v) is 2.82. The van der Waals surface area contributed by atoms with Crippen LogP contribution in [-0.4, -0.2) is 39.7 Å². The highest BCUT2D eigenvalue weighted by atomic mass is 16.1. The molecule has 134 valence electrons. The minimum absolute atomic E-state index is 0.179. The van der Waals surface area contributed by atoms with Crippen molar-refractivity contribution in [3.05, 3.63) is 65.6 Å². The van der Waals surface area contributed by atoms with Crippen LogP contribution in [0.15, 0.2) is 48.9 Å². The van der Waals surface area contributed by atoms with Crippen LogP contribution in [0.3, 0.4) is 0 Å². The summed E-state index contributed by atoms with van der Waals surface area (Å²) >= 11 is 0. The maximum atomic E-state index is 12.9. The maximum absolute atomic E-state index is 12.9. The van der Waals surface area contributed by atoms with Gasteiger partial charge in [0.15, 0.2) is 0 Å². The molecule has 0 bridgehead atoms. The van der Waals surface area contributed by atoms with Crippen LogP contribution in [0, 0.1) is 6.92 Å². The summed E-state index contributed by atoms with van der Waals surface area (Å²) in [6, 6.07) is 9.68. The van der Waals surface area contributed by atoms with Crippen LogP contribution in [0.4, 0.5) is 5.69 Å². The van der Waals surface area contributed by atoms with Crippen molar-refractivity contribution < 1.29 is 4.79 Å². The van der Waals surface area contributed by atoms with E-state index in [0.717, 1.165) is 28.9 Å². The highest BCUT2D eigenvalue weighted by Crippen LogP contribution is 2.23. The third-order valence-corrected chi connectivity index (χ3v) is 4.08. The number of nitrogens with zero attached hydrogens (tertiary/aromatic N) is 4. The predicted molar refractivity (Wildman–Crippen MR) is 103 cm³/mol. The van der Waals surface area contributed by atoms with E-state index in [0.29, 0.717) is 11.3 Å². The number of anilines is 1. The zero-order chi connectivity index (χ0) is 18.7. The van der Waals surface area contributed by atoms with Gasteiger partial charge in [-0.2, -0.15) is 5.10 Å². The number of benzene rings is 1. The molecule has 6 heteroatoms. The zero-order valence-corrected chi connectivity index (χ0v) is 15.5. The zero-order valence-electron chi connectivity index (χ0n) is 15.5. The van der Waals surface area contributed by atoms with Gasteiger partial charge >= 0.3 is 0 Å². The molecule has 2 heterocycles. The fraction of sp³-hybridized carbons (Fsp3) is 0.250. The number of rotatable bonds is 5. The largest absolute Gasteiger partial charge is 0.322 e. The minimum atomic E-state index is -0.179. The topological polar surface area (TPSA) is 63.1 Å². The molecule has 2 aromatic heterocycles. The smallest absolute Gasteiger partial charge is 0.257 e. The van der Waals surface area contributed by atoms with Gasteiger partial charge in [0.2, 0.25) is 0 Å². The molecule has 3 aromatic rings. The van der Waals surface area contributed by atoms with E-state index in [1.807, 2.05) is 46.4 Å². The van der Waals surface area contributed by atoms with E-state index in [1.54, 1.807) is 29.2 Å². The Morgan fingerprint density at radius 1 is 1.27 bits per heavy atom. The van der Waals surface area contributed by atoms with Crippen LogP contribution in [0.5, 0.6) is 0 Å². The van der Waals surface area contributed by atoms with Crippen molar-refractivity contribution in [1.29, 1.82) is 0 Å². The van der Waals surface area contributed by atoms with Gasteiger partial charge in [-0.15, -0.1) is 0 Å². The van der Waals surface area contributed by atoms with Crippen molar-refractivity contribution in [2.24, 2.45) is 7.05 Å². The monoisotopic (exact) mass is 349 g/mol. The van der Waals surface area contributed by atoms with Crippen molar-refractivity contribution in [1.82, 2.24) is 19.7 Å². The van der Waals surface area contributed by atoms with E-state index in [9.17, 15) is 4.79 Å². The summed E-state index contributed by atoms with van der Waals surface area (Å²) in [6.07, 6.45) is 5.24. The number of hydrogen-bond acceptors (Lipinski definition) is 4. The highest BCUT2D eigenvalue weighted by Gasteiger charge is 2.16. The number of carbonyl (C=O) groups is 1. The molecule has 26 heavy (non-hydrogen) atoms. The number of hydrogen-bond donors (Lipinski definition) is 1. The summed E-state index contributed by atoms with van der Waals surface area (Å²) in [4.78, 5) is 19.4. The Bertz CT molecular complexity index is 929. The van der Waals surface area contributed by atoms with E-state index in [4.69, 9.17) is 0 Å². The Hall–Kier alpha value is -2.99. The Kier molecular flexibility index (Phi) is 5.14. The lowest BCUT2D eigenvalue weighted by Crippen LogP contribution is -2.15. The number of aromatic nitrogens is 3. The summed E-state index contributed by atoms with van der Waals surface area (Å²) in [5.74, 6) is -0.179. The molecule has 3 rings (SSSR count). The molecule has 0 saturated heterocycles. The summed E-state index contributed by atoms with van der Waals surface area (Å²) in [6.45, 7) is 2.80. The summed E-state index contributed by atoms with van der Waals surface area (Å²) in [7, 11) is 5.88. The van der Waals surface area contributed by atoms with E-state index < -0.39 is 0 Å². The first-order chi connectivity index (χ1) is 12.4. The summed E-state index contributed by atoms with van der Waals surface area (Å²) in [5, 5.41) is 7.20. The lowest BCUT2D eigenvalue weighted by atomic mass is 10.1. The molecule has 0 unspecified atom stereocenters. The third-order valence-electron chi connectivity index (χ3n) is 4.08. The van der Waals surface area contributed by atoms with E-state index in [-0.39, 0.29) is 5.91 Å². The predicted octanol–water partition coefficient (Wildman–Crippen LogP) is 3.10. The Morgan fingerprint density at radius 2 is 2.08 bits per heavy atom. The second kappa shape index (κ2) is 7.49. The van der Waals surface area contributed by atoms with Gasteiger partial charge in [0.1, 0.15) is 0 Å². The van der Waals surface area contributed by atoms with Gasteiger partial charge in [0, 0.05) is 37.2 Å². The van der Waals surface area contributed by atoms with Crippen molar-refractivity contribution in [2.45, 2.75) is 13.5 Å². The Morgan fingerprint density at radius 3 is 2.77 bits per heavy atom. The molecule has 0 fully saturated rings. The first kappa shape index (κ1) is 17.8. The van der Waals surface area contributed by atoms with Gasteiger partial charge in [-0.3, -0.25) is 14.5 Å². The van der Waals surface area contributed by atoms with Gasteiger partial charge in [-0.25, -0.2) is 0 Å². The number of carbonyl (C=O) groups excluding carboxylic acids is 1. The van der Waals surface area contributed by atoms with E-state index >= 15 is 0 Å². The van der Waals surface area contributed by atoms with Gasteiger partial charge < -0.3 is 10.2 Å². The standard InChI is InChI=1S/C20H23N5O/c1-14-7-8-15(12-24(2)3)10-18(14)23-20(26)17-6-5-9-21-19(17)16-11-22-25(4)13-16/h5-11,13H,12H2,1-4H3,(H,23,26). The van der Waals surface area contributed by atoms with Crippen molar-refractivity contribution >= 4 is 11.6 Å². The van der Waals surface area contributed by atoms with Crippen LogP contribution in [0.1, 0.15) is 21.5 Å². The summed E-state index contributed by atoms with van der Waals surface area (Å²) < 4.78 is 1.70. The number of pyridine rings is 1. The molecule has 0 saturated carbocycles. The van der Waals surface area contributed by atoms with Gasteiger partial charge in [0.25, 0.3) is 5.91 Å². The van der Waals surface area contributed by atoms with E-state index in [1.165, 1.54) is 0 Å². The lowest BCUT2D eigenvalue weighted by molar-refractivity contribution is 0.102. The molecule has 0 aliphatic carbocycles. The van der Waals surface area contributed by atoms with Crippen LogP contribution in [0.2, 0.25) is 0 Å². The molecular formula is C20H23N5O. The molecule has 1 amide bonds. The molecule has 6 nitrogen and oxygen atoms in total. The first-order valence-corrected chi connectivity index (χ1v) is 8.43. The Balaban J connectivity index is 1.90. The SMILES string of the molecule is Cc1ccc(CN(C)C)cc1NC(=O)c1cccnc1-c1cnn(C)c1.